The van der Waals surface area contributed by atoms with Crippen LogP contribution >= 0.6 is 10.0 Å². The van der Waals surface area contributed by atoms with Crippen LogP contribution in [0.15, 0.2) is 12.0 Å². The van der Waals surface area contributed by atoms with Gasteiger partial charge in [-0.1, -0.05) is 32.8 Å². The largest absolute Gasteiger partial charge is 0.222 e. The van der Waals surface area contributed by atoms with E-state index in [-0.39, 0.29) is 10.0 Å². The summed E-state index contributed by atoms with van der Waals surface area (Å²) >= 11 is 0. The molecule has 1 heteroatoms. The van der Waals surface area contributed by atoms with Gasteiger partial charge < -0.3 is 0 Å². The quantitative estimate of drug-likeness (QED) is 0.572. The van der Waals surface area contributed by atoms with E-state index < -0.39 is 0 Å². The Labute approximate surface area is 60.7 Å². The van der Waals surface area contributed by atoms with Crippen LogP contribution in [0.3, 0.4) is 0 Å². The van der Waals surface area contributed by atoms with Gasteiger partial charge in [0.2, 0.25) is 0 Å². The van der Waals surface area contributed by atoms with Crippen molar-refractivity contribution in [2.24, 2.45) is 0 Å². The number of hydrogen-bond donors (Lipinski definition) is 0. The lowest BCUT2D eigenvalue weighted by Gasteiger charge is -2.32. The van der Waals surface area contributed by atoms with Gasteiger partial charge in [-0.3, -0.25) is 0 Å². The van der Waals surface area contributed by atoms with Gasteiger partial charge in [0.1, 0.15) is 0 Å². The summed E-state index contributed by atoms with van der Waals surface area (Å²) in [4.78, 5) is 0. The van der Waals surface area contributed by atoms with Gasteiger partial charge in [0.05, 0.1) is 0 Å². The first-order valence-electron chi connectivity index (χ1n) is 3.63. The highest BCUT2D eigenvalue weighted by Crippen LogP contribution is 2.47. The van der Waals surface area contributed by atoms with E-state index in [0.717, 1.165) is 0 Å². The van der Waals surface area contributed by atoms with Crippen LogP contribution in [0.1, 0.15) is 20.8 Å². The first-order chi connectivity index (χ1) is 4.24. The molecule has 0 saturated carbocycles. The third kappa shape index (κ3) is 2.05. The Morgan fingerprint density at radius 2 is 1.44 bits per heavy atom. The molecule has 0 saturated heterocycles. The Morgan fingerprint density at radius 1 is 1.11 bits per heavy atom. The molecule has 0 bridgehead atoms. The van der Waals surface area contributed by atoms with Crippen LogP contribution in [-0.4, -0.2) is 17.3 Å². The van der Waals surface area contributed by atoms with Crippen molar-refractivity contribution in [1.82, 2.24) is 0 Å². The molecule has 0 atom stereocenters. The summed E-state index contributed by atoms with van der Waals surface area (Å²) in [6, 6.07) is 0. The topological polar surface area (TPSA) is 0 Å². The number of rotatable bonds is 4. The van der Waals surface area contributed by atoms with Crippen LogP contribution in [0, 0.1) is 0 Å². The predicted octanol–water partition coefficient (Wildman–Crippen LogP) is 2.99. The summed E-state index contributed by atoms with van der Waals surface area (Å²) in [5.74, 6) is 3.93. The molecule has 0 rings (SSSR count). The van der Waals surface area contributed by atoms with Crippen LogP contribution in [0.5, 0.6) is 0 Å². The first-order valence-corrected chi connectivity index (χ1v) is 5.83. The standard InChI is InChI=1S/C8H18S/c1-5-9(6-2,7-3)8-4/h5H,1,6-8H2,2-4H3. The predicted molar refractivity (Wildman–Crippen MR) is 49.4 cm³/mol. The maximum atomic E-state index is 3.88. The van der Waals surface area contributed by atoms with Crippen molar-refractivity contribution in [1.29, 1.82) is 0 Å². The maximum absolute atomic E-state index is 3.88. The van der Waals surface area contributed by atoms with E-state index in [1.54, 1.807) is 0 Å². The molecule has 0 aliphatic rings. The molecule has 0 heterocycles. The summed E-state index contributed by atoms with van der Waals surface area (Å²) in [6.45, 7) is 10.7. The third-order valence-corrected chi connectivity index (χ3v) is 6.23. The highest BCUT2D eigenvalue weighted by molar-refractivity contribution is 8.36. The zero-order valence-electron chi connectivity index (χ0n) is 6.81. The zero-order chi connectivity index (χ0) is 7.33. The Balaban J connectivity index is 3.98. The van der Waals surface area contributed by atoms with Gasteiger partial charge in [-0.05, 0) is 17.3 Å². The van der Waals surface area contributed by atoms with Gasteiger partial charge in [-0.2, -0.15) is 0 Å². The summed E-state index contributed by atoms with van der Waals surface area (Å²) in [7, 11) is -0.384. The molecule has 0 fully saturated rings. The van der Waals surface area contributed by atoms with E-state index >= 15 is 0 Å². The molecule has 0 unspecified atom stereocenters. The smallest absolute Gasteiger partial charge is 0.0222 e. The van der Waals surface area contributed by atoms with Gasteiger partial charge >= 0.3 is 0 Å². The van der Waals surface area contributed by atoms with Crippen molar-refractivity contribution in [3.05, 3.63) is 12.0 Å². The van der Waals surface area contributed by atoms with Crippen molar-refractivity contribution < 1.29 is 0 Å². The van der Waals surface area contributed by atoms with Crippen LogP contribution in [-0.2, 0) is 0 Å². The van der Waals surface area contributed by atoms with Crippen LogP contribution < -0.4 is 0 Å². The summed E-state index contributed by atoms with van der Waals surface area (Å²) < 4.78 is 0. The van der Waals surface area contributed by atoms with Gasteiger partial charge in [-0.15, -0.1) is 0 Å². The van der Waals surface area contributed by atoms with E-state index in [4.69, 9.17) is 0 Å². The lowest BCUT2D eigenvalue weighted by Crippen LogP contribution is -2.04. The Kier molecular flexibility index (Phi) is 4.03. The zero-order valence-corrected chi connectivity index (χ0v) is 7.63. The second kappa shape index (κ2) is 3.99. The summed E-state index contributed by atoms with van der Waals surface area (Å²) in [5.41, 5.74) is 0. The number of hydrogen-bond acceptors (Lipinski definition) is 0. The highest BCUT2D eigenvalue weighted by atomic mass is 32.3. The minimum absolute atomic E-state index is 0.384. The second-order valence-electron chi connectivity index (χ2n) is 2.15. The average molecular weight is 146 g/mol. The Hall–Kier alpha value is 0.0900. The van der Waals surface area contributed by atoms with Crippen molar-refractivity contribution in [3.63, 3.8) is 0 Å². The van der Waals surface area contributed by atoms with E-state index in [9.17, 15) is 0 Å². The fraction of sp³-hybridized carbons (Fsp3) is 0.750. The molecule has 0 aliphatic heterocycles. The van der Waals surface area contributed by atoms with Crippen LogP contribution in [0.2, 0.25) is 0 Å². The molecule has 0 nitrogen and oxygen atoms in total. The second-order valence-corrected chi connectivity index (χ2v) is 6.44. The van der Waals surface area contributed by atoms with E-state index in [1.165, 1.54) is 17.3 Å². The lowest BCUT2D eigenvalue weighted by atomic mass is 10.9. The van der Waals surface area contributed by atoms with Gasteiger partial charge in [0.25, 0.3) is 0 Å². The van der Waals surface area contributed by atoms with Crippen LogP contribution in [0.25, 0.3) is 0 Å². The van der Waals surface area contributed by atoms with Gasteiger partial charge in [0, 0.05) is 0 Å². The highest BCUT2D eigenvalue weighted by Gasteiger charge is 2.11. The average Bonchev–Trinajstić information content (AvgIpc) is 1.95. The molecular formula is C8H18S. The first kappa shape index (κ1) is 9.09. The maximum Gasteiger partial charge on any atom is -0.0222 e. The fourth-order valence-electron chi connectivity index (χ4n) is 0.966. The molecule has 9 heavy (non-hydrogen) atoms. The summed E-state index contributed by atoms with van der Waals surface area (Å²) in [6.07, 6.45) is 0. The lowest BCUT2D eigenvalue weighted by molar-refractivity contribution is 1.36. The van der Waals surface area contributed by atoms with E-state index in [2.05, 4.69) is 32.8 Å². The van der Waals surface area contributed by atoms with Gasteiger partial charge in [-0.25, -0.2) is 10.0 Å². The molecule has 0 radical (unpaired) electrons. The van der Waals surface area contributed by atoms with E-state index in [1.807, 2.05) is 0 Å². The minimum atomic E-state index is -0.384. The molecular weight excluding hydrogens is 128 g/mol. The third-order valence-electron chi connectivity index (χ3n) is 2.08. The molecule has 0 amide bonds. The van der Waals surface area contributed by atoms with Crippen LogP contribution in [0.4, 0.5) is 0 Å². The van der Waals surface area contributed by atoms with E-state index in [0.29, 0.717) is 0 Å². The van der Waals surface area contributed by atoms with Crippen molar-refractivity contribution in [3.8, 4) is 0 Å². The normalized spacial score (nSPS) is 13.2. The van der Waals surface area contributed by atoms with Crippen molar-refractivity contribution >= 4 is 10.0 Å². The van der Waals surface area contributed by atoms with Crippen molar-refractivity contribution in [2.45, 2.75) is 20.8 Å². The van der Waals surface area contributed by atoms with Crippen molar-refractivity contribution in [2.75, 3.05) is 17.3 Å². The van der Waals surface area contributed by atoms with Gasteiger partial charge in [0.15, 0.2) is 0 Å². The monoisotopic (exact) mass is 146 g/mol. The Bertz CT molecular complexity index is 74.3. The molecule has 0 aromatic carbocycles. The molecule has 0 N–H and O–H groups in total. The summed E-state index contributed by atoms with van der Waals surface area (Å²) in [5, 5.41) is 2.19. The fourth-order valence-corrected chi connectivity index (χ4v) is 2.90. The molecule has 0 spiro atoms. The minimum Gasteiger partial charge on any atom is -0.222 e. The molecule has 0 aliphatic carbocycles. The molecule has 0 aromatic rings. The Morgan fingerprint density at radius 3 is 1.44 bits per heavy atom. The SMILES string of the molecule is C=CS(CC)(CC)CC. The molecule has 56 valence electrons. The molecule has 0 aromatic heterocycles.